The summed E-state index contributed by atoms with van der Waals surface area (Å²) in [5.74, 6) is 1.18. The third kappa shape index (κ3) is 4.19. The van der Waals surface area contributed by atoms with Gasteiger partial charge < -0.3 is 9.84 Å². The molecule has 1 aromatic rings. The molecule has 0 radical (unpaired) electrons. The highest BCUT2D eigenvalue weighted by Gasteiger charge is 2.11. The van der Waals surface area contributed by atoms with Gasteiger partial charge in [-0.15, -0.1) is 0 Å². The van der Waals surface area contributed by atoms with Gasteiger partial charge in [0.05, 0.1) is 18.4 Å². The first kappa shape index (κ1) is 13.0. The van der Waals surface area contributed by atoms with Crippen molar-refractivity contribution < 1.29 is 9.84 Å². The smallest absolute Gasteiger partial charge is 0.138 e. The molecule has 0 aromatic carbocycles. The van der Waals surface area contributed by atoms with E-state index < -0.39 is 6.10 Å². The Morgan fingerprint density at radius 2 is 1.94 bits per heavy atom. The second-order valence-corrected chi connectivity index (χ2v) is 4.77. The molecule has 1 atom stereocenters. The van der Waals surface area contributed by atoms with E-state index in [4.69, 9.17) is 4.74 Å². The van der Waals surface area contributed by atoms with Crippen LogP contribution in [0.3, 0.4) is 0 Å². The molecule has 1 heterocycles. The van der Waals surface area contributed by atoms with E-state index in [1.54, 1.807) is 12.4 Å². The number of aliphatic hydroxyl groups excluding tert-OH is 1. The summed E-state index contributed by atoms with van der Waals surface area (Å²) in [5, 5.41) is 9.95. The average Bonchev–Trinajstić information content (AvgIpc) is 2.16. The Morgan fingerprint density at radius 3 is 2.50 bits per heavy atom. The molecule has 1 unspecified atom stereocenters. The van der Waals surface area contributed by atoms with Crippen LogP contribution in [0, 0.1) is 5.92 Å². The second-order valence-electron chi connectivity index (χ2n) is 4.77. The number of ether oxygens (including phenoxy) is 1. The molecule has 16 heavy (non-hydrogen) atoms. The van der Waals surface area contributed by atoms with Crippen LogP contribution in [0.1, 0.15) is 45.8 Å². The fraction of sp³-hybridized carbons (Fsp3) is 0.615. The van der Waals surface area contributed by atoms with Crippen LogP contribution in [0.4, 0.5) is 0 Å². The van der Waals surface area contributed by atoms with Gasteiger partial charge in [-0.05, 0) is 32.3 Å². The van der Waals surface area contributed by atoms with Gasteiger partial charge in [-0.25, -0.2) is 0 Å². The molecular formula is C13H21NO2. The van der Waals surface area contributed by atoms with Crippen LogP contribution in [0.25, 0.3) is 0 Å². The van der Waals surface area contributed by atoms with Crippen LogP contribution in [-0.4, -0.2) is 16.2 Å². The molecule has 3 heteroatoms. The van der Waals surface area contributed by atoms with Gasteiger partial charge in [0.25, 0.3) is 0 Å². The summed E-state index contributed by atoms with van der Waals surface area (Å²) in [4.78, 5) is 4.08. The maximum atomic E-state index is 9.95. The topological polar surface area (TPSA) is 42.4 Å². The molecule has 3 nitrogen and oxygen atoms in total. The normalized spacial score (nSPS) is 13.2. The lowest BCUT2D eigenvalue weighted by Gasteiger charge is -2.15. The summed E-state index contributed by atoms with van der Waals surface area (Å²) in [7, 11) is 0. The molecule has 0 saturated heterocycles. The lowest BCUT2D eigenvalue weighted by atomic mass is 10.0. The number of hydrogen-bond acceptors (Lipinski definition) is 3. The lowest BCUT2D eigenvalue weighted by Crippen LogP contribution is -2.07. The molecule has 1 aromatic heterocycles. The molecule has 0 saturated carbocycles. The van der Waals surface area contributed by atoms with Gasteiger partial charge in [-0.3, -0.25) is 4.98 Å². The molecule has 0 spiro atoms. The highest BCUT2D eigenvalue weighted by molar-refractivity contribution is 5.25. The summed E-state index contributed by atoms with van der Waals surface area (Å²) >= 11 is 0. The van der Waals surface area contributed by atoms with Gasteiger partial charge in [0.2, 0.25) is 0 Å². The molecule has 90 valence electrons. The molecule has 1 N–H and O–H groups in total. The van der Waals surface area contributed by atoms with Crippen molar-refractivity contribution >= 4 is 0 Å². The van der Waals surface area contributed by atoms with Crippen molar-refractivity contribution in [2.24, 2.45) is 5.92 Å². The van der Waals surface area contributed by atoms with Crippen molar-refractivity contribution in [1.82, 2.24) is 4.98 Å². The molecule has 1 rings (SSSR count). The Bertz CT molecular complexity index is 323. The van der Waals surface area contributed by atoms with Gasteiger partial charge in [0.15, 0.2) is 0 Å². The van der Waals surface area contributed by atoms with Crippen LogP contribution in [0.5, 0.6) is 5.75 Å². The fourth-order valence-electron chi connectivity index (χ4n) is 1.54. The van der Waals surface area contributed by atoms with Gasteiger partial charge in [0.1, 0.15) is 5.75 Å². The van der Waals surface area contributed by atoms with Crippen LogP contribution in [0.2, 0.25) is 0 Å². The van der Waals surface area contributed by atoms with E-state index in [0.717, 1.165) is 17.7 Å². The van der Waals surface area contributed by atoms with Crippen LogP contribution in [0.15, 0.2) is 18.5 Å². The van der Waals surface area contributed by atoms with E-state index in [1.165, 1.54) is 0 Å². The monoisotopic (exact) mass is 223 g/mol. The number of aromatic nitrogens is 1. The first-order valence-corrected chi connectivity index (χ1v) is 5.78. The van der Waals surface area contributed by atoms with Crippen molar-refractivity contribution in [2.45, 2.75) is 46.3 Å². The number of rotatable bonds is 5. The first-order chi connectivity index (χ1) is 7.49. The Kier molecular flexibility index (Phi) is 4.74. The SMILES string of the molecule is CC(C)CC(O)c1cncc(OC(C)C)c1. The maximum Gasteiger partial charge on any atom is 0.138 e. The minimum atomic E-state index is -0.455. The highest BCUT2D eigenvalue weighted by atomic mass is 16.5. The molecule has 0 fully saturated rings. The molecule has 0 bridgehead atoms. The van der Waals surface area contributed by atoms with Crippen LogP contribution >= 0.6 is 0 Å². The summed E-state index contributed by atoms with van der Waals surface area (Å²) in [6.07, 6.45) is 3.78. The number of hydrogen-bond donors (Lipinski definition) is 1. The van der Waals surface area contributed by atoms with Crippen molar-refractivity contribution in [3.63, 3.8) is 0 Å². The minimum absolute atomic E-state index is 0.124. The predicted molar refractivity (Wildman–Crippen MR) is 64.4 cm³/mol. The molecule has 0 aliphatic carbocycles. The van der Waals surface area contributed by atoms with Crippen LogP contribution < -0.4 is 4.74 Å². The van der Waals surface area contributed by atoms with Gasteiger partial charge in [-0.1, -0.05) is 13.8 Å². The quantitative estimate of drug-likeness (QED) is 0.834. The summed E-state index contributed by atoms with van der Waals surface area (Å²) < 4.78 is 5.54. The van der Waals surface area contributed by atoms with Crippen LogP contribution in [-0.2, 0) is 0 Å². The van der Waals surface area contributed by atoms with E-state index in [0.29, 0.717) is 5.92 Å². The maximum absolute atomic E-state index is 9.95. The largest absolute Gasteiger partial charge is 0.489 e. The van der Waals surface area contributed by atoms with E-state index >= 15 is 0 Å². The van der Waals surface area contributed by atoms with Crippen molar-refractivity contribution in [2.75, 3.05) is 0 Å². The van der Waals surface area contributed by atoms with Gasteiger partial charge in [-0.2, -0.15) is 0 Å². The van der Waals surface area contributed by atoms with Crippen molar-refractivity contribution in [1.29, 1.82) is 0 Å². The van der Waals surface area contributed by atoms with Gasteiger partial charge >= 0.3 is 0 Å². The zero-order valence-electron chi connectivity index (χ0n) is 10.5. The Labute approximate surface area is 97.5 Å². The summed E-state index contributed by atoms with van der Waals surface area (Å²) in [5.41, 5.74) is 0.826. The van der Waals surface area contributed by atoms with E-state index in [-0.39, 0.29) is 6.10 Å². The second kappa shape index (κ2) is 5.85. The Morgan fingerprint density at radius 1 is 1.25 bits per heavy atom. The predicted octanol–water partition coefficient (Wildman–Crippen LogP) is 2.95. The molecule has 0 amide bonds. The molecule has 0 aliphatic rings. The zero-order chi connectivity index (χ0) is 12.1. The summed E-state index contributed by atoms with van der Waals surface area (Å²) in [6, 6.07) is 1.86. The zero-order valence-corrected chi connectivity index (χ0v) is 10.5. The fourth-order valence-corrected chi connectivity index (χ4v) is 1.54. The summed E-state index contributed by atoms with van der Waals surface area (Å²) in [6.45, 7) is 8.12. The van der Waals surface area contributed by atoms with Gasteiger partial charge in [0, 0.05) is 11.8 Å². The minimum Gasteiger partial charge on any atom is -0.489 e. The number of nitrogens with zero attached hydrogens (tertiary/aromatic N) is 1. The first-order valence-electron chi connectivity index (χ1n) is 5.78. The Hall–Kier alpha value is -1.09. The lowest BCUT2D eigenvalue weighted by molar-refractivity contribution is 0.149. The van der Waals surface area contributed by atoms with E-state index in [2.05, 4.69) is 18.8 Å². The Balaban J connectivity index is 2.73. The third-order valence-electron chi connectivity index (χ3n) is 2.19. The number of pyridine rings is 1. The van der Waals surface area contributed by atoms with E-state index in [1.807, 2.05) is 19.9 Å². The molecule has 0 aliphatic heterocycles. The average molecular weight is 223 g/mol. The third-order valence-corrected chi connectivity index (χ3v) is 2.19. The number of aliphatic hydroxyl groups is 1. The molecular weight excluding hydrogens is 202 g/mol. The van der Waals surface area contributed by atoms with E-state index in [9.17, 15) is 5.11 Å². The standard InChI is InChI=1S/C13H21NO2/c1-9(2)5-13(15)11-6-12(8-14-7-11)16-10(3)4/h6-10,13,15H,5H2,1-4H3. The highest BCUT2D eigenvalue weighted by Crippen LogP contribution is 2.23. The van der Waals surface area contributed by atoms with Crippen molar-refractivity contribution in [3.05, 3.63) is 24.0 Å². The van der Waals surface area contributed by atoms with Crippen molar-refractivity contribution in [3.8, 4) is 5.75 Å².